The van der Waals surface area contributed by atoms with E-state index in [1.165, 1.54) is 6.07 Å². The van der Waals surface area contributed by atoms with Crippen LogP contribution >= 0.6 is 15.9 Å². The third-order valence-electron chi connectivity index (χ3n) is 2.45. The van der Waals surface area contributed by atoms with Crippen LogP contribution in [0, 0.1) is 0 Å². The Morgan fingerprint density at radius 2 is 1.84 bits per heavy atom. The number of halogens is 1. The van der Waals surface area contributed by atoms with E-state index in [-0.39, 0.29) is 5.76 Å². The van der Waals surface area contributed by atoms with E-state index in [1.807, 2.05) is 0 Å². The van der Waals surface area contributed by atoms with Crippen molar-refractivity contribution < 1.29 is 19.1 Å². The minimum atomic E-state index is -1.13. The lowest BCUT2D eigenvalue weighted by Gasteiger charge is -2.13. The van der Waals surface area contributed by atoms with Gasteiger partial charge < -0.3 is 14.8 Å². The fourth-order valence-corrected chi connectivity index (χ4v) is 1.88. The molecule has 98 valence electrons. The number of furan rings is 1. The van der Waals surface area contributed by atoms with Crippen molar-refractivity contribution in [2.75, 3.05) is 0 Å². The van der Waals surface area contributed by atoms with E-state index in [0.717, 1.165) is 0 Å². The Labute approximate surface area is 117 Å². The zero-order valence-corrected chi connectivity index (χ0v) is 11.3. The second-order valence-electron chi connectivity index (χ2n) is 3.76. The Hall–Kier alpha value is -2.08. The predicted molar refractivity (Wildman–Crippen MR) is 70.7 cm³/mol. The van der Waals surface area contributed by atoms with Crippen LogP contribution < -0.4 is 5.32 Å². The second-order valence-corrected chi connectivity index (χ2v) is 4.54. The molecule has 0 saturated carbocycles. The van der Waals surface area contributed by atoms with E-state index in [1.54, 1.807) is 36.4 Å². The van der Waals surface area contributed by atoms with Gasteiger partial charge in [0.1, 0.15) is 0 Å². The molecular weight excluding hydrogens is 314 g/mol. The normalized spacial score (nSPS) is 11.8. The lowest BCUT2D eigenvalue weighted by atomic mass is 10.1. The number of carboxylic acid groups (broad SMARTS) is 1. The maximum absolute atomic E-state index is 11.9. The van der Waals surface area contributed by atoms with Gasteiger partial charge in [-0.1, -0.05) is 30.3 Å². The molecule has 1 aromatic heterocycles. The van der Waals surface area contributed by atoms with E-state index < -0.39 is 17.9 Å². The van der Waals surface area contributed by atoms with Crippen molar-refractivity contribution in [2.45, 2.75) is 6.04 Å². The first kappa shape index (κ1) is 13.4. The third-order valence-corrected chi connectivity index (χ3v) is 2.88. The number of amides is 1. The topological polar surface area (TPSA) is 79.5 Å². The first-order valence-electron chi connectivity index (χ1n) is 5.42. The summed E-state index contributed by atoms with van der Waals surface area (Å²) >= 11 is 3.08. The van der Waals surface area contributed by atoms with Gasteiger partial charge in [0.05, 0.1) is 0 Å². The minimum Gasteiger partial charge on any atom is -0.479 e. The number of hydrogen-bond donors (Lipinski definition) is 2. The molecule has 0 aliphatic rings. The van der Waals surface area contributed by atoms with Crippen molar-refractivity contribution >= 4 is 27.8 Å². The van der Waals surface area contributed by atoms with Gasteiger partial charge in [0.2, 0.25) is 0 Å². The van der Waals surface area contributed by atoms with E-state index in [0.29, 0.717) is 10.2 Å². The molecule has 0 aliphatic heterocycles. The molecule has 0 spiro atoms. The van der Waals surface area contributed by atoms with Crippen LogP contribution in [0.2, 0.25) is 0 Å². The molecule has 6 heteroatoms. The Kier molecular flexibility index (Phi) is 4.01. The lowest BCUT2D eigenvalue weighted by molar-refractivity contribution is -0.139. The van der Waals surface area contributed by atoms with Crippen LogP contribution in [0.5, 0.6) is 0 Å². The summed E-state index contributed by atoms with van der Waals surface area (Å²) in [5.41, 5.74) is 0.494. The number of benzene rings is 1. The first-order chi connectivity index (χ1) is 9.08. The zero-order valence-electron chi connectivity index (χ0n) is 9.67. The molecule has 0 saturated heterocycles. The van der Waals surface area contributed by atoms with Gasteiger partial charge >= 0.3 is 5.97 Å². The van der Waals surface area contributed by atoms with Crippen molar-refractivity contribution in [2.24, 2.45) is 0 Å². The number of nitrogens with one attached hydrogen (secondary N) is 1. The highest BCUT2D eigenvalue weighted by atomic mass is 79.9. The van der Waals surface area contributed by atoms with Gasteiger partial charge in [-0.15, -0.1) is 0 Å². The van der Waals surface area contributed by atoms with Crippen molar-refractivity contribution in [1.82, 2.24) is 5.32 Å². The number of hydrogen-bond acceptors (Lipinski definition) is 3. The predicted octanol–water partition coefficient (Wildman–Crippen LogP) is 2.60. The summed E-state index contributed by atoms with van der Waals surface area (Å²) in [4.78, 5) is 23.1. The molecule has 1 atom stereocenters. The quantitative estimate of drug-likeness (QED) is 0.906. The van der Waals surface area contributed by atoms with E-state index in [4.69, 9.17) is 4.42 Å². The minimum absolute atomic E-state index is 0.0501. The molecule has 19 heavy (non-hydrogen) atoms. The fraction of sp³-hybridized carbons (Fsp3) is 0.0769. The summed E-state index contributed by atoms with van der Waals surface area (Å²) in [6.45, 7) is 0. The Bertz CT molecular complexity index is 594. The van der Waals surface area contributed by atoms with E-state index in [2.05, 4.69) is 21.2 Å². The zero-order chi connectivity index (χ0) is 13.8. The monoisotopic (exact) mass is 323 g/mol. The molecule has 0 fully saturated rings. The highest BCUT2D eigenvalue weighted by molar-refractivity contribution is 9.10. The van der Waals surface area contributed by atoms with Gasteiger partial charge in [-0.2, -0.15) is 0 Å². The van der Waals surface area contributed by atoms with Gasteiger partial charge in [0.25, 0.3) is 5.91 Å². The molecule has 2 rings (SSSR count). The summed E-state index contributed by atoms with van der Waals surface area (Å²) in [5.74, 6) is -1.67. The van der Waals surface area contributed by atoms with Gasteiger partial charge in [-0.3, -0.25) is 4.79 Å². The molecule has 2 N–H and O–H groups in total. The number of carboxylic acids is 1. The fourth-order valence-electron chi connectivity index (χ4n) is 1.57. The molecule has 0 aliphatic carbocycles. The van der Waals surface area contributed by atoms with Crippen LogP contribution in [0.1, 0.15) is 22.2 Å². The number of aliphatic carboxylic acids is 1. The third kappa shape index (κ3) is 3.23. The van der Waals surface area contributed by atoms with Crippen LogP contribution in [-0.2, 0) is 4.79 Å². The van der Waals surface area contributed by atoms with Crippen LogP contribution in [0.4, 0.5) is 0 Å². The molecule has 0 radical (unpaired) electrons. The molecule has 1 aromatic carbocycles. The number of rotatable bonds is 4. The van der Waals surface area contributed by atoms with Crippen molar-refractivity contribution in [3.63, 3.8) is 0 Å². The van der Waals surface area contributed by atoms with Crippen LogP contribution in [0.3, 0.4) is 0 Å². The largest absolute Gasteiger partial charge is 0.479 e. The van der Waals surface area contributed by atoms with Crippen molar-refractivity contribution in [3.05, 3.63) is 58.5 Å². The summed E-state index contributed by atoms with van der Waals surface area (Å²) < 4.78 is 5.48. The molecule has 0 unspecified atom stereocenters. The summed E-state index contributed by atoms with van der Waals surface area (Å²) in [6.07, 6.45) is 0. The summed E-state index contributed by atoms with van der Waals surface area (Å²) in [7, 11) is 0. The van der Waals surface area contributed by atoms with Crippen LogP contribution in [0.15, 0.2) is 51.6 Å². The molecule has 5 nitrogen and oxygen atoms in total. The summed E-state index contributed by atoms with van der Waals surface area (Å²) in [5, 5.41) is 11.6. The molecule has 1 amide bonds. The standard InChI is InChI=1S/C13H10BrNO4/c14-10-7-6-9(19-10)12(16)15-11(13(17)18)8-4-2-1-3-5-8/h1-7,11H,(H,15,16)(H,17,18)/t11-/m1/s1. The highest BCUT2D eigenvalue weighted by Crippen LogP contribution is 2.17. The first-order valence-corrected chi connectivity index (χ1v) is 6.21. The Morgan fingerprint density at radius 3 is 2.37 bits per heavy atom. The van der Waals surface area contributed by atoms with E-state index in [9.17, 15) is 14.7 Å². The van der Waals surface area contributed by atoms with Crippen molar-refractivity contribution in [1.29, 1.82) is 0 Å². The van der Waals surface area contributed by atoms with Gasteiger partial charge in [-0.05, 0) is 33.6 Å². The average Bonchev–Trinajstić information content (AvgIpc) is 2.83. The SMILES string of the molecule is O=C(N[C@@H](C(=O)O)c1ccccc1)c1ccc(Br)o1. The summed E-state index contributed by atoms with van der Waals surface area (Å²) in [6, 6.07) is 10.4. The Morgan fingerprint density at radius 1 is 1.16 bits per heavy atom. The van der Waals surface area contributed by atoms with Gasteiger partial charge in [0, 0.05) is 0 Å². The number of carbonyl (C=O) groups excluding carboxylic acids is 1. The maximum atomic E-state index is 11.9. The highest BCUT2D eigenvalue weighted by Gasteiger charge is 2.23. The molecule has 1 heterocycles. The molecule has 2 aromatic rings. The maximum Gasteiger partial charge on any atom is 0.330 e. The van der Waals surface area contributed by atoms with Gasteiger partial charge in [0.15, 0.2) is 16.5 Å². The van der Waals surface area contributed by atoms with Crippen LogP contribution in [-0.4, -0.2) is 17.0 Å². The van der Waals surface area contributed by atoms with Crippen LogP contribution in [0.25, 0.3) is 0 Å². The lowest BCUT2D eigenvalue weighted by Crippen LogP contribution is -2.33. The van der Waals surface area contributed by atoms with Crippen molar-refractivity contribution in [3.8, 4) is 0 Å². The number of carbonyl (C=O) groups is 2. The Balaban J connectivity index is 2.18. The molecule has 0 bridgehead atoms. The molecular formula is C13H10BrNO4. The van der Waals surface area contributed by atoms with E-state index >= 15 is 0 Å². The second kappa shape index (κ2) is 5.71. The van der Waals surface area contributed by atoms with Gasteiger partial charge in [-0.25, -0.2) is 4.79 Å². The average molecular weight is 324 g/mol. The smallest absolute Gasteiger partial charge is 0.330 e.